The number of pyridine rings is 1. The number of carbonyl (C=O) groups excluding carboxylic acids is 2. The van der Waals surface area contributed by atoms with Crippen molar-refractivity contribution in [2.75, 3.05) is 24.6 Å². The van der Waals surface area contributed by atoms with Crippen molar-refractivity contribution in [2.45, 2.75) is 49.2 Å². The van der Waals surface area contributed by atoms with Gasteiger partial charge in [0.25, 0.3) is 0 Å². The fourth-order valence-corrected chi connectivity index (χ4v) is 7.08. The number of hydrogen-bond acceptors (Lipinski definition) is 7. The molecule has 1 aliphatic heterocycles. The second kappa shape index (κ2) is 10.8. The lowest BCUT2D eigenvalue weighted by Crippen LogP contribution is -2.44. The predicted octanol–water partition coefficient (Wildman–Crippen LogP) is 3.83. The van der Waals surface area contributed by atoms with Gasteiger partial charge in [0.1, 0.15) is 11.6 Å². The van der Waals surface area contributed by atoms with E-state index in [1.807, 2.05) is 12.1 Å². The first-order chi connectivity index (χ1) is 16.8. The summed E-state index contributed by atoms with van der Waals surface area (Å²) in [7, 11) is -3.89. The van der Waals surface area contributed by atoms with Gasteiger partial charge < -0.3 is 9.64 Å². The molecule has 188 valence electrons. The van der Waals surface area contributed by atoms with E-state index in [1.165, 1.54) is 12.1 Å². The molecule has 0 amide bonds. The maximum absolute atomic E-state index is 13.3. The van der Waals surface area contributed by atoms with Crippen LogP contribution in [0.3, 0.4) is 0 Å². The Kier molecular flexibility index (Phi) is 7.84. The van der Waals surface area contributed by atoms with Crippen LogP contribution >= 0.6 is 0 Å². The van der Waals surface area contributed by atoms with Crippen LogP contribution in [0.5, 0.6) is 0 Å². The number of rotatable bonds is 7. The van der Waals surface area contributed by atoms with Gasteiger partial charge in [0.05, 0.1) is 22.7 Å². The molecule has 2 aromatic rings. The van der Waals surface area contributed by atoms with Crippen LogP contribution < -0.4 is 4.90 Å². The van der Waals surface area contributed by atoms with Crippen molar-refractivity contribution in [1.82, 2.24) is 4.98 Å². The number of esters is 1. The van der Waals surface area contributed by atoms with Crippen LogP contribution in [0, 0.1) is 23.6 Å². The molecule has 7 nitrogen and oxygen atoms in total. The number of hydrogen-bond donors (Lipinski definition) is 0. The number of Topliss-reactive ketones (excluding diaryl/α,β-unsaturated/α-hetero) is 1. The zero-order valence-corrected chi connectivity index (χ0v) is 20.6. The summed E-state index contributed by atoms with van der Waals surface area (Å²) in [5.41, 5.74) is 1.12. The van der Waals surface area contributed by atoms with E-state index in [0.29, 0.717) is 6.42 Å². The second-order valence-electron chi connectivity index (χ2n) is 9.36. The lowest BCUT2D eigenvalue weighted by Gasteiger charge is -2.38. The summed E-state index contributed by atoms with van der Waals surface area (Å²) < 4.78 is 45.0. The van der Waals surface area contributed by atoms with Crippen LogP contribution in [0.1, 0.15) is 39.0 Å². The molecule has 1 aromatic carbocycles. The highest BCUT2D eigenvalue weighted by molar-refractivity contribution is 7.92. The number of anilines is 1. The quantitative estimate of drug-likeness (QED) is 0.420. The van der Waals surface area contributed by atoms with Crippen LogP contribution in [0.4, 0.5) is 10.1 Å². The van der Waals surface area contributed by atoms with Gasteiger partial charge >= 0.3 is 5.97 Å². The fourth-order valence-electron chi connectivity index (χ4n) is 5.33. The first-order valence-electron chi connectivity index (χ1n) is 12.1. The van der Waals surface area contributed by atoms with E-state index in [2.05, 4.69) is 9.88 Å². The van der Waals surface area contributed by atoms with E-state index in [9.17, 15) is 22.4 Å². The molecule has 0 spiro atoms. The van der Waals surface area contributed by atoms with Gasteiger partial charge in [-0.3, -0.25) is 14.6 Å². The monoisotopic (exact) mass is 502 g/mol. The van der Waals surface area contributed by atoms with Crippen molar-refractivity contribution in [3.05, 3.63) is 54.6 Å². The summed E-state index contributed by atoms with van der Waals surface area (Å²) in [6.45, 7) is 3.55. The van der Waals surface area contributed by atoms with Crippen LogP contribution in [-0.4, -0.2) is 50.1 Å². The molecule has 35 heavy (non-hydrogen) atoms. The van der Waals surface area contributed by atoms with E-state index in [0.717, 1.165) is 43.8 Å². The van der Waals surface area contributed by atoms with Crippen LogP contribution in [0.2, 0.25) is 0 Å². The topological polar surface area (TPSA) is 93.6 Å². The molecule has 1 aliphatic carbocycles. The van der Waals surface area contributed by atoms with E-state index in [1.54, 1.807) is 19.3 Å². The van der Waals surface area contributed by atoms with Gasteiger partial charge in [-0.15, -0.1) is 0 Å². The summed E-state index contributed by atoms with van der Waals surface area (Å²) in [5, 5.41) is -1.03. The number of nitrogens with zero attached hydrogens (tertiary/aromatic N) is 2. The lowest BCUT2D eigenvalue weighted by molar-refractivity contribution is -0.154. The fraction of sp³-hybridized carbons (Fsp3) is 0.500. The number of ketones is 1. The summed E-state index contributed by atoms with van der Waals surface area (Å²) in [5.74, 6) is -2.34. The number of benzene rings is 1. The zero-order valence-electron chi connectivity index (χ0n) is 19.8. The van der Waals surface area contributed by atoms with Crippen LogP contribution in [0.25, 0.3) is 0 Å². The Bertz CT molecular complexity index is 1130. The van der Waals surface area contributed by atoms with Crippen molar-refractivity contribution in [3.63, 3.8) is 0 Å². The molecule has 2 aliphatic rings. The van der Waals surface area contributed by atoms with Crippen LogP contribution in [-0.2, 0) is 24.2 Å². The molecule has 9 heteroatoms. The van der Waals surface area contributed by atoms with Crippen molar-refractivity contribution < 1.29 is 27.1 Å². The minimum absolute atomic E-state index is 0.0325. The molecule has 1 saturated heterocycles. The molecule has 0 radical (unpaired) electrons. The third-order valence-corrected chi connectivity index (χ3v) is 9.41. The summed E-state index contributed by atoms with van der Waals surface area (Å²) in [6.07, 6.45) is 5.75. The third-order valence-electron chi connectivity index (χ3n) is 7.24. The van der Waals surface area contributed by atoms with Crippen LogP contribution in [0.15, 0.2) is 53.7 Å². The molecule has 3 atom stereocenters. The SMILES string of the molecule is CCOC(=O)[C@H]1CC(S(=O)(=O)c2ccc(F)cc2)CC(=O)C1CC1CCN(c2ccncc2)CC1. The average molecular weight is 503 g/mol. The highest BCUT2D eigenvalue weighted by Gasteiger charge is 2.46. The molecule has 0 bridgehead atoms. The Morgan fingerprint density at radius 3 is 2.40 bits per heavy atom. The second-order valence-corrected chi connectivity index (χ2v) is 11.6. The summed E-state index contributed by atoms with van der Waals surface area (Å²) in [4.78, 5) is 32.4. The maximum Gasteiger partial charge on any atom is 0.309 e. The van der Waals surface area contributed by atoms with Gasteiger partial charge in [-0.2, -0.15) is 0 Å². The molecule has 1 saturated carbocycles. The van der Waals surface area contributed by atoms with Gasteiger partial charge in [0, 0.05) is 43.5 Å². The van der Waals surface area contributed by atoms with Gasteiger partial charge in [0.2, 0.25) is 0 Å². The predicted molar refractivity (Wildman–Crippen MR) is 129 cm³/mol. The Morgan fingerprint density at radius 2 is 1.77 bits per heavy atom. The van der Waals surface area contributed by atoms with Gasteiger partial charge in [-0.25, -0.2) is 12.8 Å². The van der Waals surface area contributed by atoms with E-state index >= 15 is 0 Å². The normalized spacial score (nSPS) is 23.8. The third kappa shape index (κ3) is 5.72. The Hall–Kier alpha value is -2.81. The van der Waals surface area contributed by atoms with Gasteiger partial charge in [-0.05, 0) is 74.9 Å². The zero-order chi connectivity index (χ0) is 25.0. The smallest absolute Gasteiger partial charge is 0.309 e. The highest BCUT2D eigenvalue weighted by Crippen LogP contribution is 2.39. The number of carbonyl (C=O) groups is 2. The van der Waals surface area contributed by atoms with E-state index < -0.39 is 38.7 Å². The van der Waals surface area contributed by atoms with Gasteiger partial charge in [0.15, 0.2) is 9.84 Å². The maximum atomic E-state index is 13.3. The van der Waals surface area contributed by atoms with Crippen molar-refractivity contribution in [3.8, 4) is 0 Å². The summed E-state index contributed by atoms with van der Waals surface area (Å²) in [6, 6.07) is 8.53. The Balaban J connectivity index is 1.47. The van der Waals surface area contributed by atoms with Crippen molar-refractivity contribution in [1.29, 1.82) is 0 Å². The van der Waals surface area contributed by atoms with Crippen molar-refractivity contribution in [2.24, 2.45) is 17.8 Å². The lowest BCUT2D eigenvalue weighted by atomic mass is 9.72. The number of ether oxygens (including phenoxy) is 1. The molecule has 0 N–H and O–H groups in total. The minimum Gasteiger partial charge on any atom is -0.466 e. The molecule has 2 unspecified atom stereocenters. The number of halogens is 1. The molecular formula is C26H31FN2O5S. The van der Waals surface area contributed by atoms with Gasteiger partial charge in [-0.1, -0.05) is 0 Å². The standard InChI is InChI=1S/C26H31FN2O5S/c1-2-34-26(31)24-16-22(35(32,33)21-5-3-19(27)4-6-21)17-25(30)23(24)15-18-9-13-29(14-10-18)20-7-11-28-12-8-20/h3-8,11-12,18,22-24H,2,9-10,13-17H2,1H3/t22?,23?,24-/m0/s1. The molecule has 1 aromatic heterocycles. The first-order valence-corrected chi connectivity index (χ1v) is 13.7. The number of piperidine rings is 1. The Morgan fingerprint density at radius 1 is 1.11 bits per heavy atom. The molecule has 2 fully saturated rings. The number of sulfone groups is 1. The highest BCUT2D eigenvalue weighted by atomic mass is 32.2. The van der Waals surface area contributed by atoms with E-state index in [-0.39, 0.29) is 36.0 Å². The summed E-state index contributed by atoms with van der Waals surface area (Å²) >= 11 is 0. The minimum atomic E-state index is -3.89. The average Bonchev–Trinajstić information content (AvgIpc) is 2.86. The number of aromatic nitrogens is 1. The Labute approximate surface area is 205 Å². The largest absolute Gasteiger partial charge is 0.466 e. The van der Waals surface area contributed by atoms with Crippen molar-refractivity contribution >= 4 is 27.3 Å². The molecular weight excluding hydrogens is 471 g/mol. The molecule has 4 rings (SSSR count). The first kappa shape index (κ1) is 25.3. The molecule has 2 heterocycles. The van der Waals surface area contributed by atoms with E-state index in [4.69, 9.17) is 4.74 Å².